The van der Waals surface area contributed by atoms with E-state index in [1.54, 1.807) is 6.92 Å². The average molecular weight is 264 g/mol. The van der Waals surface area contributed by atoms with E-state index >= 15 is 0 Å². The second-order valence-electron chi connectivity index (χ2n) is 4.33. The summed E-state index contributed by atoms with van der Waals surface area (Å²) in [6.45, 7) is 6.02. The Balaban J connectivity index is 2.82. The topological polar surface area (TPSA) is 69.6 Å². The molecule has 0 bridgehead atoms. The Labute approximate surface area is 113 Å². The number of anilines is 1. The van der Waals surface area contributed by atoms with Crippen LogP contribution in [-0.4, -0.2) is 29.7 Å². The number of carbonyl (C=O) groups excluding carboxylic acids is 1. The zero-order chi connectivity index (χ0) is 14.4. The number of nitrogens with one attached hydrogen (secondary N) is 1. The van der Waals surface area contributed by atoms with Crippen molar-refractivity contribution in [2.75, 3.05) is 11.4 Å². The van der Waals surface area contributed by atoms with Gasteiger partial charge in [0.05, 0.1) is 0 Å². The largest absolute Gasteiger partial charge is 0.480 e. The number of aliphatic carboxylic acids is 1. The monoisotopic (exact) mass is 264 g/mol. The molecule has 0 fully saturated rings. The van der Waals surface area contributed by atoms with Crippen LogP contribution in [0.15, 0.2) is 24.3 Å². The molecule has 1 aromatic carbocycles. The number of aryl methyl sites for hydroxylation is 1. The summed E-state index contributed by atoms with van der Waals surface area (Å²) in [5, 5.41) is 11.5. The van der Waals surface area contributed by atoms with E-state index in [9.17, 15) is 9.59 Å². The predicted molar refractivity (Wildman–Crippen MR) is 74.4 cm³/mol. The molecule has 0 saturated heterocycles. The van der Waals surface area contributed by atoms with Crippen LogP contribution < -0.4 is 10.2 Å². The number of hydrogen-bond donors (Lipinski definition) is 2. The fraction of sp³-hybridized carbons (Fsp3) is 0.429. The van der Waals surface area contributed by atoms with Crippen LogP contribution in [-0.2, 0) is 4.79 Å². The molecule has 0 aromatic heterocycles. The molecule has 0 saturated carbocycles. The van der Waals surface area contributed by atoms with Gasteiger partial charge in [-0.3, -0.25) is 4.90 Å². The molecule has 0 unspecified atom stereocenters. The minimum absolute atomic E-state index is 0.354. The van der Waals surface area contributed by atoms with Crippen molar-refractivity contribution in [3.8, 4) is 0 Å². The molecule has 1 atom stereocenters. The Morgan fingerprint density at radius 3 is 2.26 bits per heavy atom. The van der Waals surface area contributed by atoms with E-state index in [-0.39, 0.29) is 6.03 Å². The van der Waals surface area contributed by atoms with E-state index < -0.39 is 12.0 Å². The first kappa shape index (κ1) is 15.0. The van der Waals surface area contributed by atoms with E-state index in [1.165, 1.54) is 4.90 Å². The smallest absolute Gasteiger partial charge is 0.326 e. The normalized spacial score (nSPS) is 11.7. The first-order chi connectivity index (χ1) is 8.99. The highest BCUT2D eigenvalue weighted by molar-refractivity contribution is 5.94. The molecule has 19 heavy (non-hydrogen) atoms. The molecule has 0 spiro atoms. The van der Waals surface area contributed by atoms with Gasteiger partial charge in [-0.25, -0.2) is 9.59 Å². The van der Waals surface area contributed by atoms with Crippen molar-refractivity contribution < 1.29 is 14.7 Å². The van der Waals surface area contributed by atoms with Gasteiger partial charge < -0.3 is 10.4 Å². The standard InChI is InChI=1S/C14H20N2O3/c1-4-12(13(17)18)15-14(19)16(5-2)11-8-6-10(3)7-9-11/h6-9,12H,4-5H2,1-3H3,(H,15,19)(H,17,18)/t12-/m1/s1. The Morgan fingerprint density at radius 1 is 1.26 bits per heavy atom. The van der Waals surface area contributed by atoms with E-state index in [4.69, 9.17) is 5.11 Å². The highest BCUT2D eigenvalue weighted by atomic mass is 16.4. The van der Waals surface area contributed by atoms with Gasteiger partial charge in [0.1, 0.15) is 6.04 Å². The van der Waals surface area contributed by atoms with Gasteiger partial charge in [-0.15, -0.1) is 0 Å². The lowest BCUT2D eigenvalue weighted by Gasteiger charge is -2.23. The molecule has 0 aliphatic rings. The molecule has 1 rings (SSSR count). The summed E-state index contributed by atoms with van der Waals surface area (Å²) in [6.07, 6.45) is 0.354. The number of amides is 2. The van der Waals surface area contributed by atoms with Crippen LogP contribution in [0.25, 0.3) is 0 Å². The molecule has 1 aromatic rings. The molecule has 5 nitrogen and oxygen atoms in total. The van der Waals surface area contributed by atoms with Gasteiger partial charge in [-0.1, -0.05) is 24.6 Å². The summed E-state index contributed by atoms with van der Waals surface area (Å²) < 4.78 is 0. The van der Waals surface area contributed by atoms with Crippen molar-refractivity contribution in [3.63, 3.8) is 0 Å². The highest BCUT2D eigenvalue weighted by Gasteiger charge is 2.21. The van der Waals surface area contributed by atoms with Crippen LogP contribution in [0.5, 0.6) is 0 Å². The third-order valence-corrected chi connectivity index (χ3v) is 2.91. The van der Waals surface area contributed by atoms with E-state index in [0.717, 1.165) is 11.3 Å². The molecule has 0 aliphatic heterocycles. The van der Waals surface area contributed by atoms with Gasteiger partial charge >= 0.3 is 12.0 Å². The van der Waals surface area contributed by atoms with E-state index in [0.29, 0.717) is 13.0 Å². The maximum absolute atomic E-state index is 12.1. The summed E-state index contributed by atoms with van der Waals surface area (Å²) in [7, 11) is 0. The van der Waals surface area contributed by atoms with Crippen molar-refractivity contribution in [1.29, 1.82) is 0 Å². The molecular formula is C14H20N2O3. The van der Waals surface area contributed by atoms with Crippen LogP contribution in [0.2, 0.25) is 0 Å². The number of nitrogens with zero attached hydrogens (tertiary/aromatic N) is 1. The number of carboxylic acid groups (broad SMARTS) is 1. The molecule has 0 heterocycles. The maximum Gasteiger partial charge on any atom is 0.326 e. The Kier molecular flexibility index (Phi) is 5.36. The molecule has 5 heteroatoms. The molecule has 0 radical (unpaired) electrons. The van der Waals surface area contributed by atoms with Gasteiger partial charge in [-0.2, -0.15) is 0 Å². The number of benzene rings is 1. The Bertz CT molecular complexity index is 443. The third kappa shape index (κ3) is 3.98. The zero-order valence-corrected chi connectivity index (χ0v) is 11.5. The summed E-state index contributed by atoms with van der Waals surface area (Å²) in [6, 6.07) is 6.28. The number of hydrogen-bond acceptors (Lipinski definition) is 2. The van der Waals surface area contributed by atoms with Crippen molar-refractivity contribution >= 4 is 17.7 Å². The van der Waals surface area contributed by atoms with Crippen molar-refractivity contribution in [1.82, 2.24) is 5.32 Å². The van der Waals surface area contributed by atoms with Crippen molar-refractivity contribution in [3.05, 3.63) is 29.8 Å². The lowest BCUT2D eigenvalue weighted by Crippen LogP contribution is -2.47. The molecule has 2 N–H and O–H groups in total. The zero-order valence-electron chi connectivity index (χ0n) is 11.5. The summed E-state index contributed by atoms with van der Waals surface area (Å²) in [5.41, 5.74) is 1.86. The van der Waals surface area contributed by atoms with Gasteiger partial charge in [-0.05, 0) is 32.4 Å². The first-order valence-electron chi connectivity index (χ1n) is 6.37. The molecule has 104 valence electrons. The second-order valence-corrected chi connectivity index (χ2v) is 4.33. The summed E-state index contributed by atoms with van der Waals surface area (Å²) in [4.78, 5) is 24.5. The number of urea groups is 1. The third-order valence-electron chi connectivity index (χ3n) is 2.91. The van der Waals surface area contributed by atoms with Crippen LogP contribution in [0.4, 0.5) is 10.5 Å². The fourth-order valence-corrected chi connectivity index (χ4v) is 1.73. The highest BCUT2D eigenvalue weighted by Crippen LogP contribution is 2.15. The summed E-state index contributed by atoms with van der Waals surface area (Å²) in [5.74, 6) is -1.02. The predicted octanol–water partition coefficient (Wildman–Crippen LogP) is 2.39. The molecule has 2 amide bonds. The van der Waals surface area contributed by atoms with Gasteiger partial charge in [0.15, 0.2) is 0 Å². The lowest BCUT2D eigenvalue weighted by atomic mass is 10.2. The van der Waals surface area contributed by atoms with E-state index in [2.05, 4.69) is 5.32 Å². The van der Waals surface area contributed by atoms with Gasteiger partial charge in [0, 0.05) is 12.2 Å². The SMILES string of the molecule is CC[C@@H](NC(=O)N(CC)c1ccc(C)cc1)C(=O)O. The number of rotatable bonds is 5. The van der Waals surface area contributed by atoms with Crippen LogP contribution in [0.1, 0.15) is 25.8 Å². The van der Waals surface area contributed by atoms with Crippen molar-refractivity contribution in [2.24, 2.45) is 0 Å². The lowest BCUT2D eigenvalue weighted by molar-refractivity contribution is -0.139. The quantitative estimate of drug-likeness (QED) is 0.858. The summed E-state index contributed by atoms with van der Waals surface area (Å²) >= 11 is 0. The minimum Gasteiger partial charge on any atom is -0.480 e. The van der Waals surface area contributed by atoms with Crippen LogP contribution in [0.3, 0.4) is 0 Å². The van der Waals surface area contributed by atoms with Crippen LogP contribution >= 0.6 is 0 Å². The number of carbonyl (C=O) groups is 2. The number of carboxylic acids is 1. The second kappa shape index (κ2) is 6.78. The minimum atomic E-state index is -1.02. The average Bonchev–Trinajstić information content (AvgIpc) is 2.38. The Morgan fingerprint density at radius 2 is 1.84 bits per heavy atom. The van der Waals surface area contributed by atoms with Gasteiger partial charge in [0.25, 0.3) is 0 Å². The van der Waals surface area contributed by atoms with E-state index in [1.807, 2.05) is 38.1 Å². The Hall–Kier alpha value is -2.04. The van der Waals surface area contributed by atoms with Crippen LogP contribution in [0, 0.1) is 6.92 Å². The van der Waals surface area contributed by atoms with Gasteiger partial charge in [0.2, 0.25) is 0 Å². The molecular weight excluding hydrogens is 244 g/mol. The maximum atomic E-state index is 12.1. The first-order valence-corrected chi connectivity index (χ1v) is 6.37. The van der Waals surface area contributed by atoms with Crippen molar-refractivity contribution in [2.45, 2.75) is 33.2 Å². The molecule has 0 aliphatic carbocycles. The fourth-order valence-electron chi connectivity index (χ4n) is 1.73.